The molecule has 1 amide bonds. The summed E-state index contributed by atoms with van der Waals surface area (Å²) >= 11 is 1.16. The highest BCUT2D eigenvalue weighted by Crippen LogP contribution is 2.33. The number of aryl methyl sites for hydroxylation is 1. The van der Waals surface area contributed by atoms with Gasteiger partial charge in [-0.3, -0.25) is 10.1 Å². The number of hydrogen-bond acceptors (Lipinski definition) is 8. The van der Waals surface area contributed by atoms with E-state index in [-0.39, 0.29) is 22.9 Å². The number of thiazole rings is 1. The lowest BCUT2D eigenvalue weighted by Crippen LogP contribution is -2.11. The number of carbonyl (C=O) groups excluding carboxylic acids is 1. The Kier molecular flexibility index (Phi) is 5.23. The van der Waals surface area contributed by atoms with Gasteiger partial charge in [0.05, 0.1) is 5.69 Å². The van der Waals surface area contributed by atoms with Crippen LogP contribution in [-0.4, -0.2) is 26.2 Å². The summed E-state index contributed by atoms with van der Waals surface area (Å²) in [6, 6.07) is 14.0. The summed E-state index contributed by atoms with van der Waals surface area (Å²) in [5.74, 6) is -1.75. The molecule has 3 aromatic heterocycles. The van der Waals surface area contributed by atoms with Crippen molar-refractivity contribution in [3.05, 3.63) is 77.6 Å². The number of nitrogens with zero attached hydrogens (tertiary/aromatic N) is 4. The van der Waals surface area contributed by atoms with Crippen LogP contribution in [0.25, 0.3) is 33.5 Å². The van der Waals surface area contributed by atoms with Crippen LogP contribution in [0.3, 0.4) is 0 Å². The van der Waals surface area contributed by atoms with Crippen LogP contribution in [0, 0.1) is 18.6 Å². The van der Waals surface area contributed by atoms with Crippen LogP contribution in [0.15, 0.2) is 63.6 Å². The quantitative estimate of drug-likeness (QED) is 0.373. The molecule has 0 aliphatic heterocycles. The number of halogens is 2. The van der Waals surface area contributed by atoms with Crippen molar-refractivity contribution in [1.29, 1.82) is 0 Å². The lowest BCUT2D eigenvalue weighted by molar-refractivity contribution is 0.101. The third-order valence-corrected chi connectivity index (χ3v) is 5.68. The van der Waals surface area contributed by atoms with Crippen molar-refractivity contribution in [2.24, 2.45) is 0 Å². The highest BCUT2D eigenvalue weighted by Gasteiger charge is 2.20. The van der Waals surface area contributed by atoms with Crippen LogP contribution in [-0.2, 0) is 0 Å². The molecule has 1 N–H and O–H groups in total. The number of anilines is 1. The van der Waals surface area contributed by atoms with E-state index in [1.165, 1.54) is 12.1 Å². The summed E-state index contributed by atoms with van der Waals surface area (Å²) in [4.78, 5) is 21.9. The van der Waals surface area contributed by atoms with Crippen LogP contribution in [0.2, 0.25) is 0 Å². The van der Waals surface area contributed by atoms with E-state index in [2.05, 4.69) is 25.6 Å². The molecule has 8 nitrogen and oxygen atoms in total. The van der Waals surface area contributed by atoms with Crippen molar-refractivity contribution in [2.75, 3.05) is 5.32 Å². The highest BCUT2D eigenvalue weighted by molar-refractivity contribution is 7.19. The van der Waals surface area contributed by atoms with E-state index in [0.29, 0.717) is 21.5 Å². The summed E-state index contributed by atoms with van der Waals surface area (Å²) in [5, 5.41) is 10.6. The van der Waals surface area contributed by atoms with Crippen molar-refractivity contribution in [2.45, 2.75) is 6.92 Å². The highest BCUT2D eigenvalue weighted by atomic mass is 32.1. The molecule has 164 valence electrons. The molecule has 0 fully saturated rings. The predicted molar refractivity (Wildman–Crippen MR) is 115 cm³/mol. The van der Waals surface area contributed by atoms with E-state index in [4.69, 9.17) is 9.05 Å². The van der Waals surface area contributed by atoms with Gasteiger partial charge in [0.25, 0.3) is 11.8 Å². The molecular weight excluding hydrogens is 452 g/mol. The molecule has 0 saturated carbocycles. The van der Waals surface area contributed by atoms with Gasteiger partial charge in [-0.25, -0.2) is 13.8 Å². The Hall–Kier alpha value is -4.25. The Labute approximate surface area is 188 Å². The molecule has 5 aromatic rings. The summed E-state index contributed by atoms with van der Waals surface area (Å²) < 4.78 is 37.1. The number of aromatic nitrogens is 4. The number of carbonyl (C=O) groups is 1. The molecular formula is C22H13F2N5O3S. The summed E-state index contributed by atoms with van der Waals surface area (Å²) in [6.45, 7) is 1.76. The third-order valence-electron chi connectivity index (χ3n) is 4.62. The van der Waals surface area contributed by atoms with Crippen LogP contribution in [0.1, 0.15) is 16.2 Å². The van der Waals surface area contributed by atoms with Gasteiger partial charge in [0.2, 0.25) is 5.82 Å². The van der Waals surface area contributed by atoms with E-state index in [1.807, 2.05) is 30.3 Å². The van der Waals surface area contributed by atoms with Crippen LogP contribution in [0.5, 0.6) is 0 Å². The topological polar surface area (TPSA) is 107 Å². The number of rotatable bonds is 5. The summed E-state index contributed by atoms with van der Waals surface area (Å²) in [7, 11) is 0. The van der Waals surface area contributed by atoms with Gasteiger partial charge in [0.1, 0.15) is 4.88 Å². The molecule has 11 heteroatoms. The standard InChI is InChI=1S/C22H13F2N5O3S/c1-11-18(21-26-19(29-32-21)12-5-3-2-4-6-12)33-22(25-11)27-20(30)16-10-17(31-28-16)13-7-8-14(23)15(24)9-13/h2-10H,1H3,(H,25,27,30). The number of benzene rings is 2. The van der Waals surface area contributed by atoms with Crippen LogP contribution in [0.4, 0.5) is 13.9 Å². The van der Waals surface area contributed by atoms with Gasteiger partial charge in [0.15, 0.2) is 28.2 Å². The SMILES string of the molecule is Cc1nc(NC(=O)c2cc(-c3ccc(F)c(F)c3)on2)sc1-c1nc(-c2ccccc2)no1. The maximum atomic E-state index is 13.5. The Bertz CT molecular complexity index is 1460. The van der Waals surface area contributed by atoms with Crippen molar-refractivity contribution in [1.82, 2.24) is 20.3 Å². The fourth-order valence-corrected chi connectivity index (χ4v) is 3.88. The van der Waals surface area contributed by atoms with Gasteiger partial charge < -0.3 is 9.05 Å². The Morgan fingerprint density at radius 2 is 1.76 bits per heavy atom. The van der Waals surface area contributed by atoms with E-state index in [9.17, 15) is 13.6 Å². The molecule has 0 unspecified atom stereocenters. The minimum absolute atomic E-state index is 0.0479. The lowest BCUT2D eigenvalue weighted by Gasteiger charge is -1.96. The van der Waals surface area contributed by atoms with E-state index in [1.54, 1.807) is 6.92 Å². The minimum Gasteiger partial charge on any atom is -0.355 e. The van der Waals surface area contributed by atoms with Crippen LogP contribution >= 0.6 is 11.3 Å². The van der Waals surface area contributed by atoms with Gasteiger partial charge >= 0.3 is 0 Å². The van der Waals surface area contributed by atoms with Crippen LogP contribution < -0.4 is 5.32 Å². The molecule has 0 radical (unpaired) electrons. The van der Waals surface area contributed by atoms with Gasteiger partial charge in [-0.05, 0) is 25.1 Å². The summed E-state index contributed by atoms with van der Waals surface area (Å²) in [6.07, 6.45) is 0. The van der Waals surface area contributed by atoms with Gasteiger partial charge in [-0.15, -0.1) is 0 Å². The van der Waals surface area contributed by atoms with E-state index in [0.717, 1.165) is 29.0 Å². The molecule has 0 spiro atoms. The lowest BCUT2D eigenvalue weighted by atomic mass is 10.1. The Morgan fingerprint density at radius 1 is 0.939 bits per heavy atom. The first-order chi connectivity index (χ1) is 16.0. The monoisotopic (exact) mass is 465 g/mol. The van der Waals surface area contributed by atoms with Crippen molar-refractivity contribution in [3.63, 3.8) is 0 Å². The molecule has 0 aliphatic carbocycles. The maximum absolute atomic E-state index is 13.5. The van der Waals surface area contributed by atoms with Crippen molar-refractivity contribution >= 4 is 22.4 Å². The zero-order valence-corrected chi connectivity index (χ0v) is 17.7. The normalized spacial score (nSPS) is 11.0. The second-order valence-electron chi connectivity index (χ2n) is 6.88. The molecule has 0 saturated heterocycles. The molecule has 33 heavy (non-hydrogen) atoms. The number of nitrogens with one attached hydrogen (secondary N) is 1. The van der Waals surface area contributed by atoms with Gasteiger partial charge in [-0.2, -0.15) is 4.98 Å². The summed E-state index contributed by atoms with van der Waals surface area (Å²) in [5.41, 5.74) is 1.61. The molecule has 0 aliphatic rings. The smallest absolute Gasteiger partial charge is 0.279 e. The van der Waals surface area contributed by atoms with E-state index < -0.39 is 17.5 Å². The fourth-order valence-electron chi connectivity index (χ4n) is 3.00. The molecule has 0 atom stereocenters. The largest absolute Gasteiger partial charge is 0.355 e. The Morgan fingerprint density at radius 3 is 2.55 bits per heavy atom. The van der Waals surface area contributed by atoms with Gasteiger partial charge in [0, 0.05) is 17.2 Å². The van der Waals surface area contributed by atoms with Gasteiger partial charge in [-0.1, -0.05) is 52.0 Å². The van der Waals surface area contributed by atoms with Crippen molar-refractivity contribution < 1.29 is 22.6 Å². The first-order valence-electron chi connectivity index (χ1n) is 9.58. The maximum Gasteiger partial charge on any atom is 0.279 e. The zero-order valence-electron chi connectivity index (χ0n) is 16.9. The first-order valence-corrected chi connectivity index (χ1v) is 10.4. The molecule has 2 aromatic carbocycles. The fraction of sp³-hybridized carbons (Fsp3) is 0.0455. The molecule has 3 heterocycles. The Balaban J connectivity index is 1.33. The zero-order chi connectivity index (χ0) is 22.9. The first kappa shape index (κ1) is 20.6. The minimum atomic E-state index is -1.03. The van der Waals surface area contributed by atoms with E-state index >= 15 is 0 Å². The number of amides is 1. The van der Waals surface area contributed by atoms with Crippen molar-refractivity contribution in [3.8, 4) is 33.5 Å². The molecule has 0 bridgehead atoms. The average Bonchev–Trinajstić information content (AvgIpc) is 3.56. The predicted octanol–water partition coefficient (Wildman–Crippen LogP) is 5.35. The number of hydrogen-bond donors (Lipinski definition) is 1. The third kappa shape index (κ3) is 4.13. The molecule has 5 rings (SSSR count). The average molecular weight is 465 g/mol. The second-order valence-corrected chi connectivity index (χ2v) is 7.88. The second kappa shape index (κ2) is 8.36.